The van der Waals surface area contributed by atoms with Crippen LogP contribution in [0.1, 0.15) is 67.2 Å². The number of benzene rings is 2. The summed E-state index contributed by atoms with van der Waals surface area (Å²) in [6, 6.07) is 11.9. The molecular formula is C36H49N7O7. The number of amides is 4. The summed E-state index contributed by atoms with van der Waals surface area (Å²) < 4.78 is 5.25. The lowest BCUT2D eigenvalue weighted by Crippen LogP contribution is -2.58. The number of rotatable bonds is 7. The maximum atomic E-state index is 13.8. The third-order valence-electron chi connectivity index (χ3n) is 8.54. The van der Waals surface area contributed by atoms with Crippen LogP contribution in [0.5, 0.6) is 5.75 Å². The van der Waals surface area contributed by atoms with Crippen LogP contribution in [0.3, 0.4) is 0 Å². The van der Waals surface area contributed by atoms with E-state index >= 15 is 0 Å². The number of aromatic nitrogens is 2. The van der Waals surface area contributed by atoms with E-state index in [0.29, 0.717) is 37.4 Å². The van der Waals surface area contributed by atoms with Gasteiger partial charge in [0.15, 0.2) is 0 Å². The molecule has 2 aromatic carbocycles. The first-order chi connectivity index (χ1) is 24.1. The van der Waals surface area contributed by atoms with Crippen LogP contribution in [0.25, 0.3) is 0 Å². The van der Waals surface area contributed by atoms with Gasteiger partial charge in [-0.1, -0.05) is 44.5 Å². The van der Waals surface area contributed by atoms with Gasteiger partial charge in [0, 0.05) is 43.5 Å². The lowest BCUT2D eigenvalue weighted by molar-refractivity contribution is -0.132. The molecule has 2 aliphatic heterocycles. The van der Waals surface area contributed by atoms with E-state index in [9.17, 15) is 19.2 Å². The van der Waals surface area contributed by atoms with Gasteiger partial charge in [0.25, 0.3) is 12.4 Å². The summed E-state index contributed by atoms with van der Waals surface area (Å²) in [6.07, 6.45) is 5.83. The Balaban J connectivity index is 0.00000217. The zero-order valence-corrected chi connectivity index (χ0v) is 29.1. The second-order valence-corrected chi connectivity index (χ2v) is 12.3. The summed E-state index contributed by atoms with van der Waals surface area (Å²) in [5, 5.41) is 18.4. The standard InChI is InChI=1S/C35H47N7O5.CH2O2/c1-5-23(2)31-35(46)40-30(18-25-10-14-29(47-4)15-11-25)34(45)39-24(3)32(43)37-16-6-7-17-42(21-28-19-36-22-38-28)20-26-8-12-27(13-9-26)33(44)41-31;2-1-3/h8-15,19,22-24,30-31H,5-7,16-18,20-21H2,1-4H3,(H,36,38)(H,37,43)(H,39,45)(H,40,46)(H,41,44);1H,(H,2,3)/t23-,24+,30-,31?;/m0./s1. The Labute approximate surface area is 292 Å². The molecule has 14 heteroatoms. The number of fused-ring (bicyclic) bond motifs is 18. The first-order valence-electron chi connectivity index (χ1n) is 16.8. The Morgan fingerprint density at radius 2 is 1.68 bits per heavy atom. The number of hydrogen-bond donors (Lipinski definition) is 6. The minimum atomic E-state index is -0.996. The fourth-order valence-electron chi connectivity index (χ4n) is 5.45. The van der Waals surface area contributed by atoms with Gasteiger partial charge >= 0.3 is 0 Å². The van der Waals surface area contributed by atoms with E-state index in [1.54, 1.807) is 50.8 Å². The number of carboxylic acid groups (broad SMARTS) is 1. The van der Waals surface area contributed by atoms with Crippen molar-refractivity contribution in [1.82, 2.24) is 36.1 Å². The first-order valence-corrected chi connectivity index (χ1v) is 16.8. The third-order valence-corrected chi connectivity index (χ3v) is 8.54. The predicted molar refractivity (Wildman–Crippen MR) is 187 cm³/mol. The monoisotopic (exact) mass is 691 g/mol. The van der Waals surface area contributed by atoms with Gasteiger partial charge in [0.2, 0.25) is 17.7 Å². The van der Waals surface area contributed by atoms with Crippen molar-refractivity contribution in [2.24, 2.45) is 5.92 Å². The van der Waals surface area contributed by atoms with Gasteiger partial charge in [-0.2, -0.15) is 0 Å². The highest BCUT2D eigenvalue weighted by Crippen LogP contribution is 2.16. The number of imidazole rings is 1. The zero-order valence-electron chi connectivity index (χ0n) is 29.1. The molecule has 3 aromatic rings. The molecule has 0 saturated carbocycles. The van der Waals surface area contributed by atoms with Crippen molar-refractivity contribution in [3.05, 3.63) is 83.4 Å². The SMILES string of the molecule is CC[C@H](C)C1NC(=O)c2ccc(cc2)CN(Cc2cnc[nH]2)CCCCNC(=O)[C@@H](C)NC(=O)[C@H](Cc2ccc(OC)cc2)NC1=O.O=CO. The maximum Gasteiger partial charge on any atom is 0.290 e. The van der Waals surface area contributed by atoms with Crippen LogP contribution in [0.2, 0.25) is 0 Å². The van der Waals surface area contributed by atoms with Crippen molar-refractivity contribution >= 4 is 30.1 Å². The minimum Gasteiger partial charge on any atom is -0.497 e. The van der Waals surface area contributed by atoms with Gasteiger partial charge in [-0.25, -0.2) is 4.98 Å². The van der Waals surface area contributed by atoms with Crippen molar-refractivity contribution in [1.29, 1.82) is 0 Å². The number of H-pyrrole nitrogens is 1. The second kappa shape index (κ2) is 20.3. The molecular weight excluding hydrogens is 642 g/mol. The van der Waals surface area contributed by atoms with E-state index in [2.05, 4.69) is 36.1 Å². The molecule has 2 aliphatic rings. The van der Waals surface area contributed by atoms with Crippen LogP contribution < -0.4 is 26.0 Å². The summed E-state index contributed by atoms with van der Waals surface area (Å²) in [6.45, 7) is 7.75. The number of hydrogen-bond acceptors (Lipinski definition) is 8. The molecule has 1 aromatic heterocycles. The van der Waals surface area contributed by atoms with Crippen molar-refractivity contribution in [2.75, 3.05) is 20.2 Å². The van der Waals surface area contributed by atoms with Crippen LogP contribution >= 0.6 is 0 Å². The Morgan fingerprint density at radius 3 is 2.30 bits per heavy atom. The minimum absolute atomic E-state index is 0.174. The van der Waals surface area contributed by atoms with Crippen LogP contribution in [0.15, 0.2) is 61.1 Å². The Bertz CT molecular complexity index is 1510. The van der Waals surface area contributed by atoms with Gasteiger partial charge in [0.05, 0.1) is 13.4 Å². The molecule has 0 spiro atoms. The molecule has 6 N–H and O–H groups in total. The Morgan fingerprint density at radius 1 is 0.980 bits per heavy atom. The molecule has 5 rings (SSSR count). The molecule has 2 bridgehead atoms. The van der Waals surface area contributed by atoms with Gasteiger partial charge in [-0.05, 0) is 67.6 Å². The molecule has 4 amide bonds. The van der Waals surface area contributed by atoms with Gasteiger partial charge < -0.3 is 36.1 Å². The van der Waals surface area contributed by atoms with Crippen molar-refractivity contribution in [3.8, 4) is 5.75 Å². The van der Waals surface area contributed by atoms with Crippen LogP contribution in [-0.2, 0) is 38.7 Å². The second-order valence-electron chi connectivity index (χ2n) is 12.3. The number of carbonyl (C=O) groups excluding carboxylic acids is 4. The van der Waals surface area contributed by atoms with E-state index in [1.165, 1.54) is 0 Å². The Kier molecular flexibility index (Phi) is 15.9. The summed E-state index contributed by atoms with van der Waals surface area (Å²) in [5.41, 5.74) is 3.26. The molecule has 0 aliphatic carbocycles. The van der Waals surface area contributed by atoms with Crippen LogP contribution in [-0.4, -0.2) is 88.4 Å². The molecule has 50 heavy (non-hydrogen) atoms. The van der Waals surface area contributed by atoms with Crippen molar-refractivity contribution in [2.45, 2.75) is 77.7 Å². The number of methoxy groups -OCH3 is 1. The normalized spacial score (nSPS) is 20.4. The van der Waals surface area contributed by atoms with E-state index in [4.69, 9.17) is 14.6 Å². The molecule has 14 nitrogen and oxygen atoms in total. The van der Waals surface area contributed by atoms with E-state index < -0.39 is 29.9 Å². The maximum absolute atomic E-state index is 13.8. The van der Waals surface area contributed by atoms with Gasteiger partial charge in [-0.15, -0.1) is 0 Å². The number of ether oxygens (including phenoxy) is 1. The summed E-state index contributed by atoms with van der Waals surface area (Å²) >= 11 is 0. The van der Waals surface area contributed by atoms with E-state index in [1.807, 2.05) is 38.1 Å². The van der Waals surface area contributed by atoms with Crippen LogP contribution in [0.4, 0.5) is 0 Å². The highest BCUT2D eigenvalue weighted by molar-refractivity contribution is 5.99. The fraction of sp³-hybridized carbons (Fsp3) is 0.444. The van der Waals surface area contributed by atoms with E-state index in [0.717, 1.165) is 36.2 Å². The number of carbonyl (C=O) groups is 5. The molecule has 3 heterocycles. The Hall–Kier alpha value is -5.24. The van der Waals surface area contributed by atoms with Crippen molar-refractivity contribution in [3.63, 3.8) is 0 Å². The van der Waals surface area contributed by atoms with Crippen molar-refractivity contribution < 1.29 is 33.8 Å². The highest BCUT2D eigenvalue weighted by atomic mass is 16.5. The van der Waals surface area contributed by atoms with Gasteiger partial charge in [-0.3, -0.25) is 28.9 Å². The molecule has 1 unspecified atom stereocenters. The van der Waals surface area contributed by atoms with Crippen LogP contribution in [0, 0.1) is 5.92 Å². The molecule has 270 valence electrons. The summed E-state index contributed by atoms with van der Waals surface area (Å²) in [7, 11) is 1.57. The van der Waals surface area contributed by atoms with E-state index in [-0.39, 0.29) is 30.6 Å². The quantitative estimate of drug-likeness (QED) is 0.159. The predicted octanol–water partition coefficient (Wildman–Crippen LogP) is 2.41. The number of aromatic amines is 1. The summed E-state index contributed by atoms with van der Waals surface area (Å²) in [4.78, 5) is 71.6. The topological polar surface area (TPSA) is 195 Å². The largest absolute Gasteiger partial charge is 0.497 e. The zero-order chi connectivity index (χ0) is 36.5. The molecule has 0 saturated heterocycles. The fourth-order valence-corrected chi connectivity index (χ4v) is 5.45. The average molecular weight is 692 g/mol. The first kappa shape index (κ1) is 39.2. The number of nitrogens with zero attached hydrogens (tertiary/aromatic N) is 2. The lowest BCUT2D eigenvalue weighted by atomic mass is 9.96. The average Bonchev–Trinajstić information content (AvgIpc) is 3.63. The summed E-state index contributed by atoms with van der Waals surface area (Å²) in [5.74, 6) is -1.21. The molecule has 0 radical (unpaired) electrons. The smallest absolute Gasteiger partial charge is 0.290 e. The molecule has 0 fully saturated rings. The highest BCUT2D eigenvalue weighted by Gasteiger charge is 2.31. The number of nitrogens with one attached hydrogen (secondary N) is 5. The lowest BCUT2D eigenvalue weighted by Gasteiger charge is -2.27. The van der Waals surface area contributed by atoms with Gasteiger partial charge in [0.1, 0.15) is 23.9 Å². The third kappa shape index (κ3) is 12.3. The molecule has 4 atom stereocenters.